The van der Waals surface area contributed by atoms with Gasteiger partial charge in [-0.3, -0.25) is 19.3 Å². The minimum Gasteiger partial charge on any atom is -0.325 e. The molecule has 1 aliphatic heterocycles. The Hall–Kier alpha value is -2.71. The predicted molar refractivity (Wildman–Crippen MR) is 122 cm³/mol. The van der Waals surface area contributed by atoms with E-state index in [1.807, 2.05) is 43.3 Å². The maximum absolute atomic E-state index is 12.5. The van der Waals surface area contributed by atoms with Crippen molar-refractivity contribution < 1.29 is 14.4 Å². The lowest BCUT2D eigenvalue weighted by Crippen LogP contribution is -2.36. The Kier molecular flexibility index (Phi) is 7.23. The highest BCUT2D eigenvalue weighted by atomic mass is 79.9. The van der Waals surface area contributed by atoms with Crippen LogP contribution in [0.25, 0.3) is 0 Å². The van der Waals surface area contributed by atoms with Gasteiger partial charge in [-0.2, -0.15) is 0 Å². The van der Waals surface area contributed by atoms with E-state index in [4.69, 9.17) is 0 Å². The van der Waals surface area contributed by atoms with Gasteiger partial charge in [-0.25, -0.2) is 0 Å². The van der Waals surface area contributed by atoms with Crippen LogP contribution in [0, 0.1) is 6.92 Å². The van der Waals surface area contributed by atoms with Crippen molar-refractivity contribution in [2.24, 2.45) is 0 Å². The minimum absolute atomic E-state index is 0.0506. The van der Waals surface area contributed by atoms with Crippen molar-refractivity contribution >= 4 is 50.7 Å². The van der Waals surface area contributed by atoms with Crippen LogP contribution in [0.4, 0.5) is 17.1 Å². The van der Waals surface area contributed by atoms with Gasteiger partial charge in [0.05, 0.1) is 24.5 Å². The molecule has 0 spiro atoms. The molecular formula is C22H25BrN4O3. The van der Waals surface area contributed by atoms with E-state index in [2.05, 4.69) is 26.6 Å². The molecule has 0 aromatic heterocycles. The van der Waals surface area contributed by atoms with Gasteiger partial charge in [-0.05, 0) is 56.3 Å². The Morgan fingerprint density at radius 1 is 1.07 bits per heavy atom. The van der Waals surface area contributed by atoms with Crippen LogP contribution in [0.5, 0.6) is 0 Å². The van der Waals surface area contributed by atoms with E-state index in [1.54, 1.807) is 22.9 Å². The molecule has 0 unspecified atom stereocenters. The number of amides is 3. The van der Waals surface area contributed by atoms with E-state index in [9.17, 15) is 14.4 Å². The molecule has 3 amide bonds. The SMILES string of the molecule is Cc1cc(Br)ccc1NC(=O)CN(C)CC(=O)Nc1ccccc1N1CCCC1=O. The van der Waals surface area contributed by atoms with E-state index in [-0.39, 0.29) is 30.8 Å². The van der Waals surface area contributed by atoms with E-state index in [1.165, 1.54) is 0 Å². The number of rotatable bonds is 7. The van der Waals surface area contributed by atoms with Gasteiger partial charge in [-0.15, -0.1) is 0 Å². The van der Waals surface area contributed by atoms with Crippen LogP contribution >= 0.6 is 15.9 Å². The van der Waals surface area contributed by atoms with E-state index in [0.29, 0.717) is 24.3 Å². The molecule has 0 radical (unpaired) electrons. The van der Waals surface area contributed by atoms with Crippen LogP contribution in [0.1, 0.15) is 18.4 Å². The molecule has 7 nitrogen and oxygen atoms in total. The van der Waals surface area contributed by atoms with Crippen molar-refractivity contribution in [1.29, 1.82) is 0 Å². The fourth-order valence-corrected chi connectivity index (χ4v) is 3.89. The molecule has 3 rings (SSSR count). The van der Waals surface area contributed by atoms with Crippen molar-refractivity contribution in [3.8, 4) is 0 Å². The van der Waals surface area contributed by atoms with Crippen molar-refractivity contribution in [2.75, 3.05) is 42.2 Å². The van der Waals surface area contributed by atoms with E-state index >= 15 is 0 Å². The number of para-hydroxylation sites is 2. The molecule has 2 aromatic rings. The molecule has 1 fully saturated rings. The third-order valence-electron chi connectivity index (χ3n) is 4.83. The third kappa shape index (κ3) is 5.67. The van der Waals surface area contributed by atoms with E-state index < -0.39 is 0 Å². The highest BCUT2D eigenvalue weighted by Gasteiger charge is 2.24. The lowest BCUT2D eigenvalue weighted by Gasteiger charge is -2.21. The average molecular weight is 473 g/mol. The molecular weight excluding hydrogens is 448 g/mol. The first-order chi connectivity index (χ1) is 14.3. The van der Waals surface area contributed by atoms with Crippen LogP contribution in [0.3, 0.4) is 0 Å². The van der Waals surface area contributed by atoms with Crippen molar-refractivity contribution in [1.82, 2.24) is 4.90 Å². The number of hydrogen-bond donors (Lipinski definition) is 2. The molecule has 1 aliphatic rings. The molecule has 0 bridgehead atoms. The Balaban J connectivity index is 1.55. The van der Waals surface area contributed by atoms with Gasteiger partial charge in [0, 0.05) is 23.1 Å². The number of benzene rings is 2. The standard InChI is InChI=1S/C22H25BrN4O3/c1-15-12-16(23)9-10-17(15)24-20(28)13-26(2)14-21(29)25-18-6-3-4-7-19(18)27-11-5-8-22(27)30/h3-4,6-7,9-10,12H,5,8,11,13-14H2,1-2H3,(H,24,28)(H,25,29). The second kappa shape index (κ2) is 9.86. The summed E-state index contributed by atoms with van der Waals surface area (Å²) in [5.41, 5.74) is 3.00. The maximum atomic E-state index is 12.5. The number of carbonyl (C=O) groups is 3. The van der Waals surface area contributed by atoms with Gasteiger partial charge in [0.2, 0.25) is 17.7 Å². The first-order valence-corrected chi connectivity index (χ1v) is 10.6. The Labute approximate surface area is 184 Å². The topological polar surface area (TPSA) is 81.8 Å². The van der Waals surface area contributed by atoms with Crippen LogP contribution in [-0.4, -0.2) is 49.3 Å². The number of carbonyl (C=O) groups excluding carboxylic acids is 3. The van der Waals surface area contributed by atoms with Crippen LogP contribution < -0.4 is 15.5 Å². The molecule has 1 heterocycles. The van der Waals surface area contributed by atoms with Gasteiger partial charge < -0.3 is 15.5 Å². The van der Waals surface area contributed by atoms with Crippen molar-refractivity contribution in [2.45, 2.75) is 19.8 Å². The van der Waals surface area contributed by atoms with E-state index in [0.717, 1.165) is 22.1 Å². The number of anilines is 3. The molecule has 2 aromatic carbocycles. The summed E-state index contributed by atoms with van der Waals surface area (Å²) in [6.07, 6.45) is 1.34. The molecule has 2 N–H and O–H groups in total. The van der Waals surface area contributed by atoms with Crippen molar-refractivity contribution in [3.05, 3.63) is 52.5 Å². The fourth-order valence-electron chi connectivity index (χ4n) is 3.41. The first-order valence-electron chi connectivity index (χ1n) is 9.77. The average Bonchev–Trinajstić information content (AvgIpc) is 3.10. The molecule has 1 saturated heterocycles. The van der Waals surface area contributed by atoms with Gasteiger partial charge in [0.15, 0.2) is 0 Å². The number of nitrogens with zero attached hydrogens (tertiary/aromatic N) is 2. The number of nitrogens with one attached hydrogen (secondary N) is 2. The third-order valence-corrected chi connectivity index (χ3v) is 5.33. The summed E-state index contributed by atoms with van der Waals surface area (Å²) in [5.74, 6) is -0.378. The predicted octanol–water partition coefficient (Wildman–Crippen LogP) is 3.39. The van der Waals surface area contributed by atoms with Gasteiger partial charge >= 0.3 is 0 Å². The lowest BCUT2D eigenvalue weighted by molar-refractivity contribution is -0.120. The monoisotopic (exact) mass is 472 g/mol. The summed E-state index contributed by atoms with van der Waals surface area (Å²) in [7, 11) is 1.71. The van der Waals surface area contributed by atoms with Crippen LogP contribution in [-0.2, 0) is 14.4 Å². The van der Waals surface area contributed by atoms with Gasteiger partial charge in [0.1, 0.15) is 0 Å². The second-order valence-electron chi connectivity index (χ2n) is 7.39. The summed E-state index contributed by atoms with van der Waals surface area (Å²) in [5, 5.41) is 5.73. The highest BCUT2D eigenvalue weighted by Crippen LogP contribution is 2.29. The van der Waals surface area contributed by atoms with Crippen LogP contribution in [0.2, 0.25) is 0 Å². The minimum atomic E-state index is -0.246. The first kappa shape index (κ1) is 22.0. The van der Waals surface area contributed by atoms with Crippen molar-refractivity contribution in [3.63, 3.8) is 0 Å². The highest BCUT2D eigenvalue weighted by molar-refractivity contribution is 9.10. The smallest absolute Gasteiger partial charge is 0.238 e. The molecule has 0 saturated carbocycles. The lowest BCUT2D eigenvalue weighted by atomic mass is 10.2. The zero-order chi connectivity index (χ0) is 21.7. The largest absolute Gasteiger partial charge is 0.325 e. The zero-order valence-electron chi connectivity index (χ0n) is 17.1. The summed E-state index contributed by atoms with van der Waals surface area (Å²) >= 11 is 3.40. The Morgan fingerprint density at radius 2 is 1.73 bits per heavy atom. The molecule has 0 aliphatic carbocycles. The number of aryl methyl sites for hydroxylation is 1. The quantitative estimate of drug-likeness (QED) is 0.646. The summed E-state index contributed by atoms with van der Waals surface area (Å²) < 4.78 is 0.947. The summed E-state index contributed by atoms with van der Waals surface area (Å²) in [4.78, 5) is 40.2. The number of halogens is 1. The second-order valence-corrected chi connectivity index (χ2v) is 8.31. The zero-order valence-corrected chi connectivity index (χ0v) is 18.7. The number of likely N-dealkylation sites (N-methyl/N-ethyl adjacent to an activating group) is 1. The molecule has 8 heteroatoms. The summed E-state index contributed by atoms with van der Waals surface area (Å²) in [6.45, 7) is 2.70. The number of hydrogen-bond acceptors (Lipinski definition) is 4. The Morgan fingerprint density at radius 3 is 2.37 bits per heavy atom. The summed E-state index contributed by atoms with van der Waals surface area (Å²) in [6, 6.07) is 12.9. The maximum Gasteiger partial charge on any atom is 0.238 e. The van der Waals surface area contributed by atoms with Crippen LogP contribution in [0.15, 0.2) is 46.9 Å². The fraction of sp³-hybridized carbons (Fsp3) is 0.318. The molecule has 158 valence electrons. The molecule has 30 heavy (non-hydrogen) atoms. The molecule has 0 atom stereocenters. The van der Waals surface area contributed by atoms with Gasteiger partial charge in [-0.1, -0.05) is 28.1 Å². The Bertz CT molecular complexity index is 963. The normalized spacial score (nSPS) is 13.6. The van der Waals surface area contributed by atoms with Gasteiger partial charge in [0.25, 0.3) is 0 Å².